The summed E-state index contributed by atoms with van der Waals surface area (Å²) in [4.78, 5) is 0. The predicted molar refractivity (Wildman–Crippen MR) is 82.9 cm³/mol. The standard InChI is InChI=1S/C16H23NO3S/c1-21(19,20)14-7-4-9-16(14,18)15(11-17)10-8-12-5-2-3-6-13(12)15/h2-3,5-6,14,18H,4,7-11,17H2,1H3. The van der Waals surface area contributed by atoms with Crippen molar-refractivity contribution in [2.45, 2.75) is 48.4 Å². The maximum atomic E-state index is 12.2. The zero-order valence-electron chi connectivity index (χ0n) is 12.4. The molecule has 0 heterocycles. The Bertz CT molecular complexity index is 657. The molecule has 3 rings (SSSR count). The smallest absolute Gasteiger partial charge is 0.153 e. The van der Waals surface area contributed by atoms with Crippen LogP contribution in [0.2, 0.25) is 0 Å². The SMILES string of the molecule is CS(=O)(=O)C1CCCC1(O)C1(CN)CCc2ccccc21. The third-order valence-corrected chi connectivity index (χ3v) is 7.26. The van der Waals surface area contributed by atoms with Crippen LogP contribution in [0, 0.1) is 0 Å². The van der Waals surface area contributed by atoms with E-state index < -0.39 is 26.1 Å². The highest BCUT2D eigenvalue weighted by atomic mass is 32.2. The summed E-state index contributed by atoms with van der Waals surface area (Å²) in [6.07, 6.45) is 4.59. The lowest BCUT2D eigenvalue weighted by atomic mass is 9.66. The summed E-state index contributed by atoms with van der Waals surface area (Å²) < 4.78 is 24.4. The summed E-state index contributed by atoms with van der Waals surface area (Å²) in [6.45, 7) is 0.284. The second-order valence-corrected chi connectivity index (χ2v) is 8.81. The van der Waals surface area contributed by atoms with Gasteiger partial charge in [-0.25, -0.2) is 8.42 Å². The molecule has 0 spiro atoms. The number of aliphatic hydroxyl groups is 1. The minimum absolute atomic E-state index is 0.284. The summed E-state index contributed by atoms with van der Waals surface area (Å²) in [5.74, 6) is 0. The molecule has 1 saturated carbocycles. The molecule has 3 unspecified atom stereocenters. The van der Waals surface area contributed by atoms with Gasteiger partial charge in [-0.05, 0) is 43.2 Å². The Morgan fingerprint density at radius 1 is 1.33 bits per heavy atom. The minimum Gasteiger partial charge on any atom is -0.388 e. The number of fused-ring (bicyclic) bond motifs is 1. The molecule has 116 valence electrons. The van der Waals surface area contributed by atoms with Crippen LogP contribution < -0.4 is 5.73 Å². The third kappa shape index (κ3) is 1.98. The van der Waals surface area contributed by atoms with Crippen molar-refractivity contribution in [1.82, 2.24) is 0 Å². The van der Waals surface area contributed by atoms with Crippen LogP contribution in [0.15, 0.2) is 24.3 Å². The lowest BCUT2D eigenvalue weighted by Gasteiger charge is -2.46. The second kappa shape index (κ2) is 4.80. The molecule has 0 bridgehead atoms. The monoisotopic (exact) mass is 309 g/mol. The van der Waals surface area contributed by atoms with Crippen LogP contribution in [-0.4, -0.2) is 37.2 Å². The zero-order chi connectivity index (χ0) is 15.3. The van der Waals surface area contributed by atoms with E-state index in [4.69, 9.17) is 5.73 Å². The highest BCUT2D eigenvalue weighted by Gasteiger charge is 2.61. The van der Waals surface area contributed by atoms with E-state index >= 15 is 0 Å². The van der Waals surface area contributed by atoms with E-state index in [1.165, 1.54) is 11.8 Å². The molecule has 2 aliphatic rings. The fourth-order valence-corrected chi connectivity index (χ4v) is 6.25. The van der Waals surface area contributed by atoms with Crippen molar-refractivity contribution < 1.29 is 13.5 Å². The van der Waals surface area contributed by atoms with Crippen LogP contribution in [0.25, 0.3) is 0 Å². The molecule has 21 heavy (non-hydrogen) atoms. The summed E-state index contributed by atoms with van der Waals surface area (Å²) in [6, 6.07) is 7.99. The number of rotatable bonds is 3. The van der Waals surface area contributed by atoms with Crippen molar-refractivity contribution in [1.29, 1.82) is 0 Å². The van der Waals surface area contributed by atoms with Crippen molar-refractivity contribution in [3.8, 4) is 0 Å². The Kier molecular flexibility index (Phi) is 3.43. The Morgan fingerprint density at radius 3 is 2.71 bits per heavy atom. The van der Waals surface area contributed by atoms with Gasteiger partial charge in [0.25, 0.3) is 0 Å². The quantitative estimate of drug-likeness (QED) is 0.878. The first-order chi connectivity index (χ1) is 9.85. The number of hydrogen-bond acceptors (Lipinski definition) is 4. The van der Waals surface area contributed by atoms with Gasteiger partial charge in [-0.15, -0.1) is 0 Å². The van der Waals surface area contributed by atoms with Crippen LogP contribution in [0.1, 0.15) is 36.8 Å². The fraction of sp³-hybridized carbons (Fsp3) is 0.625. The molecule has 1 fully saturated rings. The summed E-state index contributed by atoms with van der Waals surface area (Å²) in [5, 5.41) is 10.7. The van der Waals surface area contributed by atoms with Crippen molar-refractivity contribution in [3.05, 3.63) is 35.4 Å². The molecule has 0 radical (unpaired) electrons. The van der Waals surface area contributed by atoms with E-state index in [-0.39, 0.29) is 6.54 Å². The van der Waals surface area contributed by atoms with Crippen molar-refractivity contribution in [2.24, 2.45) is 5.73 Å². The Morgan fingerprint density at radius 2 is 2.05 bits per heavy atom. The molecule has 5 heteroatoms. The van der Waals surface area contributed by atoms with Gasteiger partial charge >= 0.3 is 0 Å². The van der Waals surface area contributed by atoms with E-state index in [0.29, 0.717) is 12.8 Å². The van der Waals surface area contributed by atoms with Gasteiger partial charge in [0, 0.05) is 18.2 Å². The molecule has 4 nitrogen and oxygen atoms in total. The van der Waals surface area contributed by atoms with Gasteiger partial charge in [0.1, 0.15) is 0 Å². The number of benzene rings is 1. The van der Waals surface area contributed by atoms with Gasteiger partial charge in [0.2, 0.25) is 0 Å². The van der Waals surface area contributed by atoms with E-state index in [0.717, 1.165) is 24.8 Å². The van der Waals surface area contributed by atoms with E-state index in [9.17, 15) is 13.5 Å². The van der Waals surface area contributed by atoms with E-state index in [1.807, 2.05) is 18.2 Å². The summed E-state index contributed by atoms with van der Waals surface area (Å²) >= 11 is 0. The first-order valence-corrected chi connectivity index (χ1v) is 9.50. The number of sulfone groups is 1. The maximum absolute atomic E-state index is 12.2. The molecule has 2 aliphatic carbocycles. The molecule has 3 atom stereocenters. The van der Waals surface area contributed by atoms with Gasteiger partial charge in [-0.3, -0.25) is 0 Å². The van der Waals surface area contributed by atoms with Gasteiger partial charge in [0.15, 0.2) is 9.84 Å². The van der Waals surface area contributed by atoms with Crippen LogP contribution in [-0.2, 0) is 21.7 Å². The Hall–Kier alpha value is -0.910. The number of nitrogens with two attached hydrogens (primary N) is 1. The molecular weight excluding hydrogens is 286 g/mol. The average molecular weight is 309 g/mol. The van der Waals surface area contributed by atoms with E-state index in [1.54, 1.807) is 0 Å². The molecule has 3 N–H and O–H groups in total. The molecule has 0 aromatic heterocycles. The molecule has 1 aromatic rings. The number of aryl methyl sites for hydroxylation is 1. The number of hydrogen-bond donors (Lipinski definition) is 2. The molecule has 1 aromatic carbocycles. The summed E-state index contributed by atoms with van der Waals surface area (Å²) in [5.41, 5.74) is 6.46. The highest BCUT2D eigenvalue weighted by Crippen LogP contribution is 2.53. The van der Waals surface area contributed by atoms with Crippen LogP contribution in [0.5, 0.6) is 0 Å². The van der Waals surface area contributed by atoms with Crippen molar-refractivity contribution in [3.63, 3.8) is 0 Å². The molecular formula is C16H23NO3S. The zero-order valence-corrected chi connectivity index (χ0v) is 13.2. The largest absolute Gasteiger partial charge is 0.388 e. The summed E-state index contributed by atoms with van der Waals surface area (Å²) in [7, 11) is -3.30. The maximum Gasteiger partial charge on any atom is 0.153 e. The Labute approximate surface area is 126 Å². The van der Waals surface area contributed by atoms with Gasteiger partial charge < -0.3 is 10.8 Å². The molecule has 0 amide bonds. The lowest BCUT2D eigenvalue weighted by molar-refractivity contribution is -0.0281. The van der Waals surface area contributed by atoms with Gasteiger partial charge in [-0.1, -0.05) is 24.3 Å². The fourth-order valence-electron chi connectivity index (χ4n) is 4.60. The first-order valence-electron chi connectivity index (χ1n) is 7.55. The Balaban J connectivity index is 2.17. The molecule has 0 aliphatic heterocycles. The molecule has 0 saturated heterocycles. The highest BCUT2D eigenvalue weighted by molar-refractivity contribution is 7.91. The third-order valence-electron chi connectivity index (χ3n) is 5.60. The van der Waals surface area contributed by atoms with E-state index in [2.05, 4.69) is 6.07 Å². The van der Waals surface area contributed by atoms with Crippen molar-refractivity contribution >= 4 is 9.84 Å². The van der Waals surface area contributed by atoms with Crippen molar-refractivity contribution in [2.75, 3.05) is 12.8 Å². The topological polar surface area (TPSA) is 80.4 Å². The normalized spacial score (nSPS) is 35.9. The minimum atomic E-state index is -3.30. The lowest BCUT2D eigenvalue weighted by Crippen LogP contribution is -2.60. The predicted octanol–water partition coefficient (Wildman–Crippen LogP) is 1.16. The second-order valence-electron chi connectivity index (χ2n) is 6.58. The van der Waals surface area contributed by atoms with Gasteiger partial charge in [-0.2, -0.15) is 0 Å². The first kappa shape index (κ1) is 15.0. The average Bonchev–Trinajstić information content (AvgIpc) is 3.01. The van der Waals surface area contributed by atoms with Crippen LogP contribution >= 0.6 is 0 Å². The van der Waals surface area contributed by atoms with Crippen LogP contribution in [0.4, 0.5) is 0 Å². The van der Waals surface area contributed by atoms with Crippen LogP contribution in [0.3, 0.4) is 0 Å². The van der Waals surface area contributed by atoms with Gasteiger partial charge in [0.05, 0.1) is 10.9 Å².